The molecule has 0 spiro atoms. The summed E-state index contributed by atoms with van der Waals surface area (Å²) in [7, 11) is 0. The summed E-state index contributed by atoms with van der Waals surface area (Å²) in [6.45, 7) is 5.57. The molecule has 80 valence electrons. The van der Waals surface area contributed by atoms with Crippen molar-refractivity contribution in [2.75, 3.05) is 13.1 Å². The number of hydrogen-bond acceptors (Lipinski definition) is 1. The van der Waals surface area contributed by atoms with Crippen LogP contribution in [0.4, 0.5) is 4.79 Å². The summed E-state index contributed by atoms with van der Waals surface area (Å²) in [4.78, 5) is 13.5. The fraction of sp³-hybridized carbons (Fsp3) is 0.727. The standard InChI is InChI=1S/C11H20N2O/c1-3-13(4-2)11(14)12-10-8-6-5-7-9-10/h5-6,10H,3-4,7-9H2,1-2H3,(H,12,14). The third kappa shape index (κ3) is 3.05. The first-order valence-corrected chi connectivity index (χ1v) is 5.48. The maximum atomic E-state index is 11.7. The van der Waals surface area contributed by atoms with Gasteiger partial charge < -0.3 is 10.2 Å². The normalized spacial score (nSPS) is 20.6. The third-order valence-corrected chi connectivity index (χ3v) is 2.65. The third-order valence-electron chi connectivity index (χ3n) is 2.65. The predicted molar refractivity (Wildman–Crippen MR) is 58.2 cm³/mol. The van der Waals surface area contributed by atoms with Crippen LogP contribution in [-0.2, 0) is 0 Å². The highest BCUT2D eigenvalue weighted by Gasteiger charge is 2.15. The highest BCUT2D eigenvalue weighted by atomic mass is 16.2. The Morgan fingerprint density at radius 2 is 2.14 bits per heavy atom. The molecule has 0 aromatic rings. The minimum Gasteiger partial charge on any atom is -0.335 e. The van der Waals surface area contributed by atoms with E-state index in [0.717, 1.165) is 32.4 Å². The van der Waals surface area contributed by atoms with Crippen LogP contribution >= 0.6 is 0 Å². The van der Waals surface area contributed by atoms with E-state index in [4.69, 9.17) is 0 Å². The van der Waals surface area contributed by atoms with E-state index in [9.17, 15) is 4.79 Å². The lowest BCUT2D eigenvalue weighted by atomic mass is 10.0. The summed E-state index contributed by atoms with van der Waals surface area (Å²) in [6.07, 6.45) is 7.47. The lowest BCUT2D eigenvalue weighted by Gasteiger charge is -2.25. The van der Waals surface area contributed by atoms with Crippen LogP contribution in [0.5, 0.6) is 0 Å². The van der Waals surface area contributed by atoms with Crippen LogP contribution in [0, 0.1) is 0 Å². The van der Waals surface area contributed by atoms with Gasteiger partial charge in [-0.2, -0.15) is 0 Å². The minimum absolute atomic E-state index is 0.0790. The number of urea groups is 1. The van der Waals surface area contributed by atoms with E-state index in [2.05, 4.69) is 17.5 Å². The van der Waals surface area contributed by atoms with Gasteiger partial charge in [0, 0.05) is 19.1 Å². The number of rotatable bonds is 3. The molecule has 0 bridgehead atoms. The number of nitrogens with one attached hydrogen (secondary N) is 1. The van der Waals surface area contributed by atoms with Crippen molar-refractivity contribution in [1.82, 2.24) is 10.2 Å². The number of amides is 2. The fourth-order valence-electron chi connectivity index (χ4n) is 1.70. The van der Waals surface area contributed by atoms with Gasteiger partial charge in [0.2, 0.25) is 0 Å². The summed E-state index contributed by atoms with van der Waals surface area (Å²) in [5, 5.41) is 3.06. The molecule has 1 rings (SSSR count). The molecule has 0 aromatic heterocycles. The van der Waals surface area contributed by atoms with Gasteiger partial charge in [-0.15, -0.1) is 0 Å². The molecule has 0 heterocycles. The molecule has 0 aliphatic heterocycles. The van der Waals surface area contributed by atoms with Crippen molar-refractivity contribution in [3.05, 3.63) is 12.2 Å². The maximum absolute atomic E-state index is 11.7. The number of carbonyl (C=O) groups excluding carboxylic acids is 1. The number of carbonyl (C=O) groups is 1. The Morgan fingerprint density at radius 3 is 2.64 bits per heavy atom. The van der Waals surface area contributed by atoms with E-state index in [1.807, 2.05) is 18.7 Å². The van der Waals surface area contributed by atoms with Gasteiger partial charge in [0.05, 0.1) is 0 Å². The second-order valence-corrected chi connectivity index (χ2v) is 3.60. The van der Waals surface area contributed by atoms with E-state index in [1.54, 1.807) is 0 Å². The monoisotopic (exact) mass is 196 g/mol. The molecule has 14 heavy (non-hydrogen) atoms. The molecule has 1 unspecified atom stereocenters. The van der Waals surface area contributed by atoms with E-state index >= 15 is 0 Å². The molecular weight excluding hydrogens is 176 g/mol. The highest BCUT2D eigenvalue weighted by Crippen LogP contribution is 2.10. The number of hydrogen-bond donors (Lipinski definition) is 1. The smallest absolute Gasteiger partial charge is 0.317 e. The summed E-state index contributed by atoms with van der Waals surface area (Å²) in [5.74, 6) is 0. The van der Waals surface area contributed by atoms with Gasteiger partial charge in [-0.1, -0.05) is 12.2 Å². The van der Waals surface area contributed by atoms with Crippen molar-refractivity contribution < 1.29 is 4.79 Å². The predicted octanol–water partition coefficient (Wildman–Crippen LogP) is 2.15. The van der Waals surface area contributed by atoms with Gasteiger partial charge in [0.1, 0.15) is 0 Å². The van der Waals surface area contributed by atoms with Gasteiger partial charge in [-0.3, -0.25) is 0 Å². The van der Waals surface area contributed by atoms with Crippen molar-refractivity contribution in [3.63, 3.8) is 0 Å². The molecule has 1 atom stereocenters. The van der Waals surface area contributed by atoms with Crippen LogP contribution in [0.15, 0.2) is 12.2 Å². The first-order chi connectivity index (χ1) is 6.77. The van der Waals surface area contributed by atoms with Crippen molar-refractivity contribution in [2.24, 2.45) is 0 Å². The van der Waals surface area contributed by atoms with Gasteiger partial charge in [-0.25, -0.2) is 4.79 Å². The van der Waals surface area contributed by atoms with Crippen LogP contribution in [-0.4, -0.2) is 30.1 Å². The number of allylic oxidation sites excluding steroid dienone is 1. The molecule has 2 amide bonds. The Balaban J connectivity index is 2.35. The van der Waals surface area contributed by atoms with Crippen LogP contribution in [0.3, 0.4) is 0 Å². The molecule has 1 aliphatic rings. The van der Waals surface area contributed by atoms with Crippen LogP contribution in [0.1, 0.15) is 33.1 Å². The largest absolute Gasteiger partial charge is 0.335 e. The van der Waals surface area contributed by atoms with E-state index in [-0.39, 0.29) is 6.03 Å². The van der Waals surface area contributed by atoms with E-state index in [0.29, 0.717) is 6.04 Å². The average Bonchev–Trinajstić information content (AvgIpc) is 2.21. The molecule has 0 fully saturated rings. The molecule has 0 saturated carbocycles. The van der Waals surface area contributed by atoms with Gasteiger partial charge in [0.15, 0.2) is 0 Å². The molecule has 0 saturated heterocycles. The van der Waals surface area contributed by atoms with E-state index < -0.39 is 0 Å². The fourth-order valence-corrected chi connectivity index (χ4v) is 1.70. The molecule has 3 nitrogen and oxygen atoms in total. The molecule has 1 N–H and O–H groups in total. The van der Waals surface area contributed by atoms with E-state index in [1.165, 1.54) is 0 Å². The molecule has 3 heteroatoms. The Hall–Kier alpha value is -0.990. The van der Waals surface area contributed by atoms with Crippen LogP contribution in [0.25, 0.3) is 0 Å². The lowest BCUT2D eigenvalue weighted by molar-refractivity contribution is 0.198. The lowest BCUT2D eigenvalue weighted by Crippen LogP contribution is -2.44. The highest BCUT2D eigenvalue weighted by molar-refractivity contribution is 5.74. The molecule has 0 radical (unpaired) electrons. The van der Waals surface area contributed by atoms with Crippen molar-refractivity contribution in [2.45, 2.75) is 39.2 Å². The average molecular weight is 196 g/mol. The molecule has 1 aliphatic carbocycles. The maximum Gasteiger partial charge on any atom is 0.317 e. The topological polar surface area (TPSA) is 32.3 Å². The zero-order valence-corrected chi connectivity index (χ0v) is 9.12. The Kier molecular flexibility index (Phi) is 4.50. The number of nitrogens with zero attached hydrogens (tertiary/aromatic N) is 1. The van der Waals surface area contributed by atoms with Crippen LogP contribution < -0.4 is 5.32 Å². The van der Waals surface area contributed by atoms with Gasteiger partial charge in [0.25, 0.3) is 0 Å². The first kappa shape index (κ1) is 11.1. The zero-order chi connectivity index (χ0) is 10.4. The van der Waals surface area contributed by atoms with Crippen molar-refractivity contribution in [3.8, 4) is 0 Å². The van der Waals surface area contributed by atoms with Crippen molar-refractivity contribution >= 4 is 6.03 Å². The summed E-state index contributed by atoms with van der Waals surface area (Å²) < 4.78 is 0. The summed E-state index contributed by atoms with van der Waals surface area (Å²) in [5.41, 5.74) is 0. The zero-order valence-electron chi connectivity index (χ0n) is 9.12. The second kappa shape index (κ2) is 5.68. The molecular formula is C11H20N2O. The quantitative estimate of drug-likeness (QED) is 0.689. The van der Waals surface area contributed by atoms with Crippen LogP contribution in [0.2, 0.25) is 0 Å². The Morgan fingerprint density at radius 1 is 1.43 bits per heavy atom. The SMILES string of the molecule is CCN(CC)C(=O)NC1CC=CCC1. The van der Waals surface area contributed by atoms with Gasteiger partial charge in [-0.05, 0) is 33.1 Å². The van der Waals surface area contributed by atoms with Gasteiger partial charge >= 0.3 is 6.03 Å². The Labute approximate surface area is 86.2 Å². The summed E-state index contributed by atoms with van der Waals surface area (Å²) >= 11 is 0. The minimum atomic E-state index is 0.0790. The first-order valence-electron chi connectivity index (χ1n) is 5.48. The Bertz CT molecular complexity index is 209. The molecule has 0 aromatic carbocycles. The van der Waals surface area contributed by atoms with Crippen molar-refractivity contribution in [1.29, 1.82) is 0 Å². The second-order valence-electron chi connectivity index (χ2n) is 3.60. The summed E-state index contributed by atoms with van der Waals surface area (Å²) in [6, 6.07) is 0.420.